The van der Waals surface area contributed by atoms with Gasteiger partial charge in [-0.05, 0) is 0 Å². The number of ether oxygens (including phenoxy) is 1. The molecule has 18 nitrogen and oxygen atoms in total. The van der Waals surface area contributed by atoms with Crippen molar-refractivity contribution in [2.45, 2.75) is 24.9 Å². The Bertz CT molecular complexity index is 1170. The zero-order valence-electron chi connectivity index (χ0n) is 14.9. The minimum atomic E-state index is -5.68. The number of nitrogens with zero attached hydrogens (tertiary/aromatic N) is 3. The first-order valence-electron chi connectivity index (χ1n) is 7.91. The molecule has 0 aliphatic carbocycles. The molecular weight excluding hydrogens is 493 g/mol. The average molecular weight is 508 g/mol. The molecule has 0 aromatic carbocycles. The van der Waals surface area contributed by atoms with Crippen LogP contribution in [0.1, 0.15) is 12.6 Å². The van der Waals surface area contributed by atoms with Crippen LogP contribution in [0, 0.1) is 0 Å². The molecule has 0 saturated carbocycles. The van der Waals surface area contributed by atoms with Crippen molar-refractivity contribution in [3.8, 4) is 0 Å². The Labute approximate surface area is 170 Å². The van der Waals surface area contributed by atoms with Crippen LogP contribution < -0.4 is 11.4 Å². The number of phosphoric acid groups is 3. The van der Waals surface area contributed by atoms with E-state index in [1.54, 1.807) is 0 Å². The third kappa shape index (κ3) is 6.04. The van der Waals surface area contributed by atoms with Crippen molar-refractivity contribution < 1.29 is 60.7 Å². The van der Waals surface area contributed by atoms with Crippen molar-refractivity contribution in [3.63, 3.8) is 0 Å². The topological polar surface area (TPSA) is 276 Å². The van der Waals surface area contributed by atoms with E-state index in [4.69, 9.17) is 25.2 Å². The van der Waals surface area contributed by atoms with E-state index in [9.17, 15) is 28.5 Å². The van der Waals surface area contributed by atoms with E-state index < -0.39 is 60.2 Å². The van der Waals surface area contributed by atoms with Gasteiger partial charge in [0.2, 0.25) is 0 Å². The first-order chi connectivity index (χ1) is 14.2. The molecule has 0 spiro atoms. The molecule has 1 saturated heterocycles. The van der Waals surface area contributed by atoms with Crippen molar-refractivity contribution in [3.05, 3.63) is 16.7 Å². The van der Waals surface area contributed by atoms with Gasteiger partial charge in [-0.15, -0.1) is 0 Å². The Kier molecular flexibility index (Phi) is 6.57. The molecule has 174 valence electrons. The second kappa shape index (κ2) is 8.44. The van der Waals surface area contributed by atoms with Crippen LogP contribution in [-0.4, -0.2) is 58.0 Å². The maximum absolute atomic E-state index is 11.8. The molecule has 0 amide bonds. The van der Waals surface area contributed by atoms with Gasteiger partial charge in [0.1, 0.15) is 12.3 Å². The van der Waals surface area contributed by atoms with Crippen molar-refractivity contribution in [2.75, 3.05) is 12.3 Å². The van der Waals surface area contributed by atoms with Crippen LogP contribution in [0.4, 0.5) is 6.01 Å². The fourth-order valence-corrected chi connectivity index (χ4v) is 5.63. The largest absolute Gasteiger partial charge is 0.490 e. The maximum Gasteiger partial charge on any atom is 0.490 e. The lowest BCUT2D eigenvalue weighted by Gasteiger charge is -2.19. The second-order valence-electron chi connectivity index (χ2n) is 5.98. The normalized spacial score (nSPS) is 26.0. The number of nitrogens with two attached hydrogens (primary N) is 1. The van der Waals surface area contributed by atoms with E-state index in [1.165, 1.54) is 4.57 Å². The summed E-state index contributed by atoms with van der Waals surface area (Å²) < 4.78 is 56.6. The zero-order chi connectivity index (χ0) is 23.2. The van der Waals surface area contributed by atoms with E-state index in [1.807, 2.05) is 0 Å². The lowest BCUT2D eigenvalue weighted by atomic mass is 10.2. The van der Waals surface area contributed by atoms with Gasteiger partial charge < -0.3 is 39.6 Å². The van der Waals surface area contributed by atoms with Crippen molar-refractivity contribution >= 4 is 40.6 Å². The van der Waals surface area contributed by atoms with E-state index in [0.717, 1.165) is 6.33 Å². The molecule has 3 rings (SSSR count). The molecule has 0 radical (unpaired) electrons. The standard InChI is InChI=1S/C10H15N4O14P3/c11-10-13-8-7(9(16)26-10)12-3-14(8)6-1-4(15)5(25-6)2-24-30(20,21)28-31(22,23)27-29(17,18)19/h3-6,15H,1-2H2,(H2,11,13)(H,20,21)(H,22,23)(H2,17,18,19)/t4-,5+,6+/m0/s1. The molecular formula is C10H15N4O14P3. The summed E-state index contributed by atoms with van der Waals surface area (Å²) in [5, 5.41) is 10.1. The summed E-state index contributed by atoms with van der Waals surface area (Å²) in [7, 11) is -16.6. The molecule has 2 unspecified atom stereocenters. The number of rotatable bonds is 8. The van der Waals surface area contributed by atoms with Gasteiger partial charge in [0.05, 0.1) is 19.0 Å². The van der Waals surface area contributed by atoms with Gasteiger partial charge in [-0.25, -0.2) is 23.5 Å². The lowest BCUT2D eigenvalue weighted by molar-refractivity contribution is -0.0423. The third-order valence-corrected chi connectivity index (χ3v) is 7.51. The molecule has 1 aliphatic rings. The number of anilines is 1. The van der Waals surface area contributed by atoms with E-state index in [-0.39, 0.29) is 17.6 Å². The Morgan fingerprint density at radius 2 is 1.87 bits per heavy atom. The summed E-state index contributed by atoms with van der Waals surface area (Å²) in [6, 6.07) is -0.443. The van der Waals surface area contributed by atoms with Crippen molar-refractivity contribution in [1.29, 1.82) is 0 Å². The molecule has 21 heteroatoms. The highest BCUT2D eigenvalue weighted by Crippen LogP contribution is 2.66. The number of aromatic nitrogens is 3. The van der Waals surface area contributed by atoms with Crippen LogP contribution in [0.2, 0.25) is 0 Å². The van der Waals surface area contributed by atoms with Crippen LogP contribution in [0.5, 0.6) is 0 Å². The molecule has 7 N–H and O–H groups in total. The maximum atomic E-state index is 11.8. The molecule has 5 atom stereocenters. The monoisotopic (exact) mass is 508 g/mol. The minimum absolute atomic E-state index is 0.0144. The number of phosphoric ester groups is 1. The highest BCUT2D eigenvalue weighted by molar-refractivity contribution is 7.66. The van der Waals surface area contributed by atoms with Crippen LogP contribution in [-0.2, 0) is 31.6 Å². The molecule has 1 aliphatic heterocycles. The summed E-state index contributed by atoms with van der Waals surface area (Å²) in [6.07, 6.45) is -2.48. The quantitative estimate of drug-likeness (QED) is 0.232. The van der Waals surface area contributed by atoms with Gasteiger partial charge >= 0.3 is 29.1 Å². The number of aliphatic hydroxyl groups is 1. The fraction of sp³-hybridized carbons (Fsp3) is 0.500. The Morgan fingerprint density at radius 3 is 2.52 bits per heavy atom. The summed E-state index contributed by atoms with van der Waals surface area (Å²) in [6.45, 7) is -0.855. The molecule has 31 heavy (non-hydrogen) atoms. The lowest BCUT2D eigenvalue weighted by Crippen LogP contribution is -2.26. The Balaban J connectivity index is 1.67. The van der Waals surface area contributed by atoms with Gasteiger partial charge in [-0.2, -0.15) is 13.6 Å². The van der Waals surface area contributed by atoms with Gasteiger partial charge in [0, 0.05) is 6.42 Å². The van der Waals surface area contributed by atoms with Crippen molar-refractivity contribution in [1.82, 2.24) is 14.5 Å². The molecule has 2 aromatic heterocycles. The van der Waals surface area contributed by atoms with Crippen LogP contribution >= 0.6 is 23.5 Å². The van der Waals surface area contributed by atoms with Gasteiger partial charge in [-0.3, -0.25) is 9.09 Å². The minimum Gasteiger partial charge on any atom is -0.390 e. The molecule has 1 fully saturated rings. The number of nitrogen functional groups attached to an aromatic ring is 1. The number of imidazole rings is 1. The number of hydrogen-bond acceptors (Lipinski definition) is 13. The molecule has 2 aromatic rings. The summed E-state index contributed by atoms with van der Waals surface area (Å²) in [5.74, 6) is 0. The first kappa shape index (κ1) is 24.1. The van der Waals surface area contributed by atoms with Crippen LogP contribution in [0.3, 0.4) is 0 Å². The second-order valence-corrected chi connectivity index (χ2v) is 10.4. The highest BCUT2D eigenvalue weighted by atomic mass is 31.3. The fourth-order valence-electron chi connectivity index (χ4n) is 2.60. The average Bonchev–Trinajstić information content (AvgIpc) is 3.13. The van der Waals surface area contributed by atoms with Gasteiger partial charge in [-0.1, -0.05) is 0 Å². The smallest absolute Gasteiger partial charge is 0.390 e. The Hall–Kier alpha value is -1.52. The number of hydrogen-bond donors (Lipinski definition) is 6. The van der Waals surface area contributed by atoms with Crippen molar-refractivity contribution in [2.24, 2.45) is 0 Å². The summed E-state index contributed by atoms with van der Waals surface area (Å²) in [5.41, 5.74) is 4.35. The summed E-state index contributed by atoms with van der Waals surface area (Å²) >= 11 is 0. The zero-order valence-corrected chi connectivity index (χ0v) is 17.6. The van der Waals surface area contributed by atoms with Gasteiger partial charge in [0.25, 0.3) is 6.01 Å². The Morgan fingerprint density at radius 1 is 1.19 bits per heavy atom. The molecule has 3 heterocycles. The predicted octanol–water partition coefficient (Wildman–Crippen LogP) is -1.04. The van der Waals surface area contributed by atoms with Crippen LogP contribution in [0.15, 0.2) is 15.5 Å². The van der Waals surface area contributed by atoms with E-state index >= 15 is 0 Å². The third-order valence-electron chi connectivity index (χ3n) is 3.71. The SMILES string of the molecule is Nc1nc2c(ncn2[C@H]2C[C@H](O)[C@@H](COP(=O)(O)OP(=O)(O)OP(=O)(O)O)O2)c(=O)o1. The van der Waals surface area contributed by atoms with Crippen LogP contribution in [0.25, 0.3) is 11.2 Å². The van der Waals surface area contributed by atoms with E-state index in [0.29, 0.717) is 0 Å². The first-order valence-corrected chi connectivity index (χ1v) is 12.4. The summed E-state index contributed by atoms with van der Waals surface area (Å²) in [4.78, 5) is 54.9. The highest BCUT2D eigenvalue weighted by Gasteiger charge is 2.43. The van der Waals surface area contributed by atoms with E-state index in [2.05, 4.69) is 27.5 Å². The number of aliphatic hydroxyl groups excluding tert-OH is 1. The number of fused-ring (bicyclic) bond motifs is 1. The predicted molar refractivity (Wildman–Crippen MR) is 94.8 cm³/mol. The van der Waals surface area contributed by atoms with Gasteiger partial charge in [0.15, 0.2) is 11.2 Å². The molecule has 0 bridgehead atoms.